The van der Waals surface area contributed by atoms with Gasteiger partial charge in [0.05, 0.1) is 5.52 Å². The Bertz CT molecular complexity index is 906. The first kappa shape index (κ1) is 10.5. The molecule has 4 aromatic rings. The van der Waals surface area contributed by atoms with Crippen LogP contribution in [0, 0.1) is 0 Å². The van der Waals surface area contributed by atoms with E-state index in [1.807, 2.05) is 4.68 Å². The van der Waals surface area contributed by atoms with Gasteiger partial charge in [-0.15, -0.1) is 5.10 Å². The zero-order valence-electron chi connectivity index (χ0n) is 10.7. The molecule has 19 heavy (non-hydrogen) atoms. The van der Waals surface area contributed by atoms with E-state index in [1.165, 1.54) is 21.5 Å². The van der Waals surface area contributed by atoms with Gasteiger partial charge in [-0.1, -0.05) is 53.7 Å². The Hall–Kier alpha value is -2.42. The molecule has 0 fully saturated rings. The maximum Gasteiger partial charge on any atom is 0.121 e. The Morgan fingerprint density at radius 2 is 1.42 bits per heavy atom. The summed E-state index contributed by atoms with van der Waals surface area (Å²) in [4.78, 5) is 0. The van der Waals surface area contributed by atoms with E-state index >= 15 is 0 Å². The summed E-state index contributed by atoms with van der Waals surface area (Å²) in [6.45, 7) is 2.93. The first-order chi connectivity index (χ1) is 9.40. The normalized spacial score (nSPS) is 11.6. The van der Waals surface area contributed by atoms with Crippen molar-refractivity contribution in [2.45, 2.75) is 13.5 Å². The Morgan fingerprint density at radius 3 is 2.11 bits per heavy atom. The van der Waals surface area contributed by atoms with Gasteiger partial charge in [-0.05, 0) is 17.7 Å². The Morgan fingerprint density at radius 1 is 0.842 bits per heavy atom. The maximum atomic E-state index is 4.38. The molecule has 0 N–H and O–H groups in total. The third kappa shape index (κ3) is 1.32. The molecule has 3 aromatic carbocycles. The lowest BCUT2D eigenvalue weighted by Gasteiger charge is -2.07. The molecule has 1 heterocycles. The topological polar surface area (TPSA) is 30.7 Å². The smallest absolute Gasteiger partial charge is 0.121 e. The van der Waals surface area contributed by atoms with Crippen molar-refractivity contribution in [2.24, 2.45) is 0 Å². The SMILES string of the molecule is CCn1nnc2c3ccccc3c3ccccc3c21. The van der Waals surface area contributed by atoms with Gasteiger partial charge in [-0.2, -0.15) is 0 Å². The van der Waals surface area contributed by atoms with E-state index in [4.69, 9.17) is 0 Å². The van der Waals surface area contributed by atoms with Crippen LogP contribution < -0.4 is 0 Å². The van der Waals surface area contributed by atoms with Gasteiger partial charge in [0.25, 0.3) is 0 Å². The molecule has 3 nitrogen and oxygen atoms in total. The largest absolute Gasteiger partial charge is 0.244 e. The van der Waals surface area contributed by atoms with E-state index in [0.717, 1.165) is 17.6 Å². The van der Waals surface area contributed by atoms with Crippen LogP contribution in [0.3, 0.4) is 0 Å². The van der Waals surface area contributed by atoms with Crippen LogP contribution in [-0.4, -0.2) is 15.0 Å². The number of nitrogens with zero attached hydrogens (tertiary/aromatic N) is 3. The van der Waals surface area contributed by atoms with Crippen molar-refractivity contribution in [1.82, 2.24) is 15.0 Å². The van der Waals surface area contributed by atoms with Crippen molar-refractivity contribution in [2.75, 3.05) is 0 Å². The molecule has 0 amide bonds. The minimum Gasteiger partial charge on any atom is -0.244 e. The number of rotatable bonds is 1. The summed E-state index contributed by atoms with van der Waals surface area (Å²) in [6.07, 6.45) is 0. The van der Waals surface area contributed by atoms with Crippen molar-refractivity contribution in [3.63, 3.8) is 0 Å². The van der Waals surface area contributed by atoms with Crippen LogP contribution >= 0.6 is 0 Å². The number of hydrogen-bond acceptors (Lipinski definition) is 2. The first-order valence-electron chi connectivity index (χ1n) is 6.53. The maximum absolute atomic E-state index is 4.38. The van der Waals surface area contributed by atoms with Gasteiger partial charge in [-0.3, -0.25) is 0 Å². The zero-order valence-corrected chi connectivity index (χ0v) is 10.7. The second-order valence-electron chi connectivity index (χ2n) is 4.69. The molecule has 0 aliphatic carbocycles. The highest BCUT2D eigenvalue weighted by molar-refractivity contribution is 6.23. The molecule has 0 unspecified atom stereocenters. The molecule has 3 heteroatoms. The fourth-order valence-corrected chi connectivity index (χ4v) is 2.83. The quantitative estimate of drug-likeness (QED) is 0.479. The average molecular weight is 247 g/mol. The lowest BCUT2D eigenvalue weighted by molar-refractivity contribution is 0.647. The molecule has 0 atom stereocenters. The molecule has 0 radical (unpaired) electrons. The molecule has 0 aliphatic heterocycles. The monoisotopic (exact) mass is 247 g/mol. The number of aromatic nitrogens is 3. The molecule has 0 saturated carbocycles. The number of benzene rings is 3. The molecule has 92 valence electrons. The molecular weight excluding hydrogens is 234 g/mol. The lowest BCUT2D eigenvalue weighted by atomic mass is 10.00. The summed E-state index contributed by atoms with van der Waals surface area (Å²) >= 11 is 0. The summed E-state index contributed by atoms with van der Waals surface area (Å²) in [7, 11) is 0. The van der Waals surface area contributed by atoms with E-state index < -0.39 is 0 Å². The highest BCUT2D eigenvalue weighted by Crippen LogP contribution is 2.33. The fourth-order valence-electron chi connectivity index (χ4n) is 2.83. The van der Waals surface area contributed by atoms with Crippen molar-refractivity contribution in [1.29, 1.82) is 0 Å². The van der Waals surface area contributed by atoms with Gasteiger partial charge in [-0.25, -0.2) is 4.68 Å². The molecule has 1 aromatic heterocycles. The standard InChI is InChI=1S/C16H13N3/c1-2-19-16-14-10-6-4-8-12(14)11-7-3-5-9-13(11)15(16)17-18-19/h3-10H,2H2,1H3. The Kier molecular flexibility index (Phi) is 2.09. The minimum absolute atomic E-state index is 0.832. The average Bonchev–Trinajstić information content (AvgIpc) is 2.92. The molecular formula is C16H13N3. The van der Waals surface area contributed by atoms with Crippen LogP contribution in [0.25, 0.3) is 32.6 Å². The lowest BCUT2D eigenvalue weighted by Crippen LogP contribution is -1.96. The van der Waals surface area contributed by atoms with Gasteiger partial charge in [0.2, 0.25) is 0 Å². The van der Waals surface area contributed by atoms with E-state index in [-0.39, 0.29) is 0 Å². The van der Waals surface area contributed by atoms with Gasteiger partial charge >= 0.3 is 0 Å². The van der Waals surface area contributed by atoms with Gasteiger partial charge in [0.15, 0.2) is 0 Å². The van der Waals surface area contributed by atoms with Gasteiger partial charge < -0.3 is 0 Å². The van der Waals surface area contributed by atoms with Crippen molar-refractivity contribution in [3.05, 3.63) is 48.5 Å². The van der Waals surface area contributed by atoms with Crippen LogP contribution in [0.1, 0.15) is 6.92 Å². The number of fused-ring (bicyclic) bond motifs is 6. The molecule has 0 bridgehead atoms. The zero-order chi connectivity index (χ0) is 12.8. The summed E-state index contributed by atoms with van der Waals surface area (Å²) in [5.41, 5.74) is 2.13. The highest BCUT2D eigenvalue weighted by atomic mass is 15.4. The third-order valence-electron chi connectivity index (χ3n) is 3.69. The predicted molar refractivity (Wildman–Crippen MR) is 78.2 cm³/mol. The highest BCUT2D eigenvalue weighted by Gasteiger charge is 2.12. The number of aryl methyl sites for hydroxylation is 1. The third-order valence-corrected chi connectivity index (χ3v) is 3.69. The van der Waals surface area contributed by atoms with Gasteiger partial charge in [0.1, 0.15) is 5.52 Å². The van der Waals surface area contributed by atoms with Crippen LogP contribution in [0.4, 0.5) is 0 Å². The number of hydrogen-bond donors (Lipinski definition) is 0. The molecule has 4 rings (SSSR count). The van der Waals surface area contributed by atoms with E-state index in [1.54, 1.807) is 0 Å². The van der Waals surface area contributed by atoms with Crippen molar-refractivity contribution in [3.8, 4) is 0 Å². The summed E-state index contributed by atoms with van der Waals surface area (Å²) in [5, 5.41) is 13.6. The summed E-state index contributed by atoms with van der Waals surface area (Å²) in [6, 6.07) is 16.9. The van der Waals surface area contributed by atoms with Crippen LogP contribution in [0.2, 0.25) is 0 Å². The fraction of sp³-hybridized carbons (Fsp3) is 0.125. The molecule has 0 spiro atoms. The first-order valence-corrected chi connectivity index (χ1v) is 6.53. The summed E-state index contributed by atoms with van der Waals surface area (Å²) in [5.74, 6) is 0. The summed E-state index contributed by atoms with van der Waals surface area (Å²) < 4.78 is 1.98. The predicted octanol–water partition coefficient (Wildman–Crippen LogP) is 3.76. The van der Waals surface area contributed by atoms with E-state index in [2.05, 4.69) is 65.8 Å². The minimum atomic E-state index is 0.832. The molecule has 0 saturated heterocycles. The van der Waals surface area contributed by atoms with E-state index in [0.29, 0.717) is 0 Å². The second-order valence-corrected chi connectivity index (χ2v) is 4.69. The van der Waals surface area contributed by atoms with Crippen LogP contribution in [-0.2, 0) is 6.54 Å². The van der Waals surface area contributed by atoms with Crippen molar-refractivity contribution < 1.29 is 0 Å². The van der Waals surface area contributed by atoms with E-state index in [9.17, 15) is 0 Å². The Labute approximate surface area is 110 Å². The van der Waals surface area contributed by atoms with Crippen LogP contribution in [0.5, 0.6) is 0 Å². The van der Waals surface area contributed by atoms with Crippen molar-refractivity contribution >= 4 is 32.6 Å². The molecule has 0 aliphatic rings. The Balaban J connectivity index is 2.41. The second kappa shape index (κ2) is 3.79. The van der Waals surface area contributed by atoms with Gasteiger partial charge in [0, 0.05) is 17.3 Å². The van der Waals surface area contributed by atoms with Crippen LogP contribution in [0.15, 0.2) is 48.5 Å².